The Labute approximate surface area is 110 Å². The fourth-order valence-corrected chi connectivity index (χ4v) is 2.80. The third-order valence-corrected chi connectivity index (χ3v) is 4.22. The van der Waals surface area contributed by atoms with Gasteiger partial charge >= 0.3 is 0 Å². The van der Waals surface area contributed by atoms with Gasteiger partial charge in [-0.25, -0.2) is 0 Å². The highest BCUT2D eigenvalue weighted by Gasteiger charge is 2.51. The predicted molar refractivity (Wildman–Crippen MR) is 74.4 cm³/mol. The summed E-state index contributed by atoms with van der Waals surface area (Å²) < 4.78 is 0. The number of hydrogen-bond donors (Lipinski definition) is 0. The summed E-state index contributed by atoms with van der Waals surface area (Å²) in [7, 11) is 0. The molecule has 1 aliphatic carbocycles. The normalized spacial score (nSPS) is 25.8. The molecule has 0 bridgehead atoms. The number of nitrogens with zero attached hydrogens (tertiary/aromatic N) is 1. The van der Waals surface area contributed by atoms with Gasteiger partial charge in [-0.15, -0.1) is 0 Å². The summed E-state index contributed by atoms with van der Waals surface area (Å²) in [6, 6.07) is 10.7. The fourth-order valence-electron chi connectivity index (χ4n) is 2.80. The van der Waals surface area contributed by atoms with Crippen molar-refractivity contribution in [3.05, 3.63) is 35.9 Å². The van der Waals surface area contributed by atoms with Gasteiger partial charge in [0.05, 0.1) is 0 Å². The van der Waals surface area contributed by atoms with Gasteiger partial charge in [0.2, 0.25) is 5.91 Å². The van der Waals surface area contributed by atoms with E-state index in [0.29, 0.717) is 5.92 Å². The van der Waals surface area contributed by atoms with E-state index in [9.17, 15) is 4.79 Å². The first-order valence-electron chi connectivity index (χ1n) is 6.89. The van der Waals surface area contributed by atoms with Crippen LogP contribution in [-0.2, 0) is 10.2 Å². The van der Waals surface area contributed by atoms with E-state index < -0.39 is 0 Å². The first-order valence-corrected chi connectivity index (χ1v) is 6.89. The molecule has 1 saturated carbocycles. The summed E-state index contributed by atoms with van der Waals surface area (Å²) in [6.07, 6.45) is 2.23. The van der Waals surface area contributed by atoms with Gasteiger partial charge < -0.3 is 4.90 Å². The smallest absolute Gasteiger partial charge is 0.219 e. The first-order chi connectivity index (χ1) is 8.58. The minimum absolute atomic E-state index is 0.208. The van der Waals surface area contributed by atoms with Gasteiger partial charge in [0.1, 0.15) is 0 Å². The highest BCUT2D eigenvalue weighted by Crippen LogP contribution is 2.54. The van der Waals surface area contributed by atoms with Crippen LogP contribution in [0.4, 0.5) is 0 Å². The molecule has 0 heterocycles. The zero-order chi connectivity index (χ0) is 13.2. The second-order valence-corrected chi connectivity index (χ2v) is 5.65. The van der Waals surface area contributed by atoms with Crippen molar-refractivity contribution < 1.29 is 4.79 Å². The van der Waals surface area contributed by atoms with Crippen molar-refractivity contribution in [2.24, 2.45) is 5.92 Å². The summed E-state index contributed by atoms with van der Waals surface area (Å²) in [6.45, 7) is 7.92. The van der Waals surface area contributed by atoms with Crippen LogP contribution in [0.3, 0.4) is 0 Å². The Morgan fingerprint density at radius 2 is 2.06 bits per heavy atom. The van der Waals surface area contributed by atoms with Gasteiger partial charge in [-0.3, -0.25) is 4.79 Å². The van der Waals surface area contributed by atoms with Crippen LogP contribution in [0.15, 0.2) is 30.3 Å². The van der Waals surface area contributed by atoms with Gasteiger partial charge in [-0.05, 0) is 29.7 Å². The van der Waals surface area contributed by atoms with Crippen molar-refractivity contribution in [2.75, 3.05) is 13.1 Å². The van der Waals surface area contributed by atoms with Crippen LogP contribution in [0.25, 0.3) is 0 Å². The van der Waals surface area contributed by atoms with Gasteiger partial charge in [0, 0.05) is 20.0 Å². The molecule has 18 heavy (non-hydrogen) atoms. The topological polar surface area (TPSA) is 20.3 Å². The van der Waals surface area contributed by atoms with E-state index in [1.165, 1.54) is 12.0 Å². The second kappa shape index (κ2) is 5.13. The maximum Gasteiger partial charge on any atom is 0.219 e. The fraction of sp³-hybridized carbons (Fsp3) is 0.562. The van der Waals surface area contributed by atoms with Crippen molar-refractivity contribution in [3.8, 4) is 0 Å². The number of benzene rings is 1. The van der Waals surface area contributed by atoms with Crippen LogP contribution >= 0.6 is 0 Å². The van der Waals surface area contributed by atoms with E-state index in [2.05, 4.69) is 44.2 Å². The number of carbonyl (C=O) groups excluding carboxylic acids is 1. The van der Waals surface area contributed by atoms with Crippen LogP contribution in [0.5, 0.6) is 0 Å². The number of rotatable bonds is 5. The van der Waals surface area contributed by atoms with E-state index >= 15 is 0 Å². The molecule has 0 aliphatic heterocycles. The maximum atomic E-state index is 11.6. The number of amides is 1. The summed E-state index contributed by atoms with van der Waals surface area (Å²) in [5, 5.41) is 0. The summed E-state index contributed by atoms with van der Waals surface area (Å²) in [5.41, 5.74) is 1.69. The Kier molecular flexibility index (Phi) is 3.74. The summed E-state index contributed by atoms with van der Waals surface area (Å²) in [5.74, 6) is 0.828. The maximum absolute atomic E-state index is 11.6. The van der Waals surface area contributed by atoms with Crippen LogP contribution in [-0.4, -0.2) is 23.9 Å². The van der Waals surface area contributed by atoms with E-state index in [-0.39, 0.29) is 11.3 Å². The van der Waals surface area contributed by atoms with E-state index in [4.69, 9.17) is 0 Å². The summed E-state index contributed by atoms with van der Waals surface area (Å²) in [4.78, 5) is 13.6. The highest BCUT2D eigenvalue weighted by molar-refractivity contribution is 5.73. The minimum atomic E-state index is 0.208. The van der Waals surface area contributed by atoms with E-state index in [0.717, 1.165) is 19.5 Å². The molecule has 1 aromatic rings. The van der Waals surface area contributed by atoms with Gasteiger partial charge in [-0.1, -0.05) is 44.2 Å². The number of carbonyl (C=O) groups is 1. The van der Waals surface area contributed by atoms with Crippen molar-refractivity contribution in [1.29, 1.82) is 0 Å². The predicted octanol–water partition coefficient (Wildman–Crippen LogP) is 3.22. The van der Waals surface area contributed by atoms with Crippen molar-refractivity contribution in [3.63, 3.8) is 0 Å². The zero-order valence-electron chi connectivity index (χ0n) is 11.6. The largest absolute Gasteiger partial charge is 0.343 e. The third-order valence-electron chi connectivity index (χ3n) is 4.22. The zero-order valence-corrected chi connectivity index (χ0v) is 11.6. The Morgan fingerprint density at radius 1 is 1.39 bits per heavy atom. The van der Waals surface area contributed by atoms with Crippen molar-refractivity contribution in [1.82, 2.24) is 4.90 Å². The lowest BCUT2D eigenvalue weighted by atomic mass is 9.95. The number of hydrogen-bond acceptors (Lipinski definition) is 1. The molecule has 2 rings (SSSR count). The molecule has 2 heteroatoms. The average molecular weight is 245 g/mol. The standard InChI is InChI=1S/C16H23NO/c1-4-10-17(13(2)18)12-15-11-16(15,3)14-8-6-5-7-9-14/h5-9,15H,4,10-12H2,1-3H3. The Bertz CT molecular complexity index is 414. The lowest BCUT2D eigenvalue weighted by Crippen LogP contribution is -2.32. The molecular weight excluding hydrogens is 222 g/mol. The van der Waals surface area contributed by atoms with Crippen LogP contribution in [0.2, 0.25) is 0 Å². The van der Waals surface area contributed by atoms with Gasteiger partial charge in [0.15, 0.2) is 0 Å². The Hall–Kier alpha value is -1.31. The van der Waals surface area contributed by atoms with Crippen LogP contribution < -0.4 is 0 Å². The molecule has 0 saturated heterocycles. The third kappa shape index (κ3) is 2.58. The lowest BCUT2D eigenvalue weighted by Gasteiger charge is -2.22. The molecule has 2 nitrogen and oxygen atoms in total. The van der Waals surface area contributed by atoms with Crippen LogP contribution in [0.1, 0.15) is 39.2 Å². The monoisotopic (exact) mass is 245 g/mol. The van der Waals surface area contributed by atoms with Gasteiger partial charge in [0.25, 0.3) is 0 Å². The van der Waals surface area contributed by atoms with E-state index in [1.54, 1.807) is 6.92 Å². The molecule has 98 valence electrons. The molecule has 1 aromatic carbocycles. The van der Waals surface area contributed by atoms with Crippen molar-refractivity contribution >= 4 is 5.91 Å². The Balaban J connectivity index is 2.00. The highest BCUT2D eigenvalue weighted by atomic mass is 16.2. The molecular formula is C16H23NO. The molecule has 0 aromatic heterocycles. The van der Waals surface area contributed by atoms with Crippen molar-refractivity contribution in [2.45, 2.75) is 39.0 Å². The van der Waals surface area contributed by atoms with Crippen LogP contribution in [0, 0.1) is 5.92 Å². The molecule has 1 amide bonds. The molecule has 2 unspecified atom stereocenters. The van der Waals surface area contributed by atoms with E-state index in [1.807, 2.05) is 4.90 Å². The molecule has 0 spiro atoms. The second-order valence-electron chi connectivity index (χ2n) is 5.65. The SMILES string of the molecule is CCCN(CC1CC1(C)c1ccccc1)C(C)=O. The molecule has 1 fully saturated rings. The lowest BCUT2D eigenvalue weighted by molar-refractivity contribution is -0.129. The summed E-state index contributed by atoms with van der Waals surface area (Å²) >= 11 is 0. The minimum Gasteiger partial charge on any atom is -0.343 e. The molecule has 2 atom stereocenters. The first kappa shape index (κ1) is 13.1. The Morgan fingerprint density at radius 3 is 2.61 bits per heavy atom. The van der Waals surface area contributed by atoms with Gasteiger partial charge in [-0.2, -0.15) is 0 Å². The quantitative estimate of drug-likeness (QED) is 0.780. The molecule has 0 radical (unpaired) electrons. The average Bonchev–Trinajstić information content (AvgIpc) is 3.02. The molecule has 1 aliphatic rings. The molecule has 0 N–H and O–H groups in total.